The van der Waals surface area contributed by atoms with Gasteiger partial charge in [0, 0.05) is 6.04 Å². The van der Waals surface area contributed by atoms with Crippen LogP contribution in [0.2, 0.25) is 0 Å². The molecule has 2 fully saturated rings. The fourth-order valence-electron chi connectivity index (χ4n) is 3.38. The minimum atomic E-state index is -0.568. The number of nitrogens with two attached hydrogens (primary N) is 1. The van der Waals surface area contributed by atoms with Gasteiger partial charge >= 0.3 is 0 Å². The van der Waals surface area contributed by atoms with Crippen molar-refractivity contribution in [1.82, 2.24) is 4.90 Å². The minimum absolute atomic E-state index is 0.280. The molecule has 3 nitrogen and oxygen atoms in total. The molecule has 0 saturated carbocycles. The topological polar surface area (TPSA) is 38.5 Å². The molecule has 0 aliphatic carbocycles. The van der Waals surface area contributed by atoms with Crippen molar-refractivity contribution in [2.75, 3.05) is 20.3 Å². The molecule has 3 atom stereocenters. The molecule has 0 bridgehead atoms. The number of hydrogen-bond acceptors (Lipinski definition) is 3. The van der Waals surface area contributed by atoms with Crippen molar-refractivity contribution in [2.45, 2.75) is 77.8 Å². The van der Waals surface area contributed by atoms with Gasteiger partial charge in [-0.1, -0.05) is 41.5 Å². The highest BCUT2D eigenvalue weighted by Gasteiger charge is 2.51. The molecule has 0 aromatic rings. The van der Waals surface area contributed by atoms with Gasteiger partial charge in [0.25, 0.3) is 0 Å². The monoisotopic (exact) mass is 282 g/mol. The first-order valence-corrected chi connectivity index (χ1v) is 8.29. The van der Waals surface area contributed by atoms with Gasteiger partial charge < -0.3 is 10.5 Å². The molecule has 2 rings (SSSR count). The molecule has 20 heavy (non-hydrogen) atoms. The fourth-order valence-corrected chi connectivity index (χ4v) is 3.38. The predicted molar refractivity (Wildman–Crippen MR) is 89.2 cm³/mol. The van der Waals surface area contributed by atoms with Crippen LogP contribution in [0.25, 0.3) is 0 Å². The fraction of sp³-hybridized carbons (Fsp3) is 1.00. The smallest absolute Gasteiger partial charge is 0.0951 e. The molecule has 0 aromatic heterocycles. The first kappa shape index (κ1) is 19.9. The second kappa shape index (κ2) is 8.40. The molecular weight excluding hydrogens is 247 g/mol. The predicted octanol–water partition coefficient (Wildman–Crippen LogP) is 2.77. The molecule has 0 aromatic carbocycles. The maximum absolute atomic E-state index is 6.11. The summed E-state index contributed by atoms with van der Waals surface area (Å²) in [5.41, 5.74) is 5.82. The van der Waals surface area contributed by atoms with Crippen LogP contribution < -0.4 is 5.73 Å². The van der Waals surface area contributed by atoms with Gasteiger partial charge in [0.1, 0.15) is 0 Å². The molecule has 2 radical (unpaired) electrons. The average Bonchev–Trinajstić information content (AvgIpc) is 2.40. The first-order chi connectivity index (χ1) is 9.41. The number of rotatable bonds is 2. The van der Waals surface area contributed by atoms with Crippen molar-refractivity contribution >= 4 is 7.85 Å². The van der Waals surface area contributed by atoms with Crippen LogP contribution in [0.15, 0.2) is 0 Å². The van der Waals surface area contributed by atoms with E-state index in [1.807, 2.05) is 34.6 Å². The molecule has 2 N–H and O–H groups in total. The maximum atomic E-state index is 6.11. The van der Waals surface area contributed by atoms with Crippen molar-refractivity contribution in [3.63, 3.8) is 0 Å². The van der Waals surface area contributed by atoms with Gasteiger partial charge in [-0.3, -0.25) is 4.90 Å². The highest BCUT2D eigenvalue weighted by Crippen LogP contribution is 2.42. The van der Waals surface area contributed by atoms with Crippen molar-refractivity contribution < 1.29 is 4.74 Å². The third kappa shape index (κ3) is 3.99. The molecule has 0 amide bonds. The summed E-state index contributed by atoms with van der Waals surface area (Å²) in [5.74, 6) is 0.383. The summed E-state index contributed by atoms with van der Waals surface area (Å²) in [5, 5.41) is 0. The van der Waals surface area contributed by atoms with Gasteiger partial charge in [-0.2, -0.15) is 0 Å². The normalized spacial score (nSPS) is 31.0. The average molecular weight is 282 g/mol. The van der Waals surface area contributed by atoms with Crippen LogP contribution in [0.4, 0.5) is 0 Å². The number of hydrogen-bond donors (Lipinski definition) is 1. The molecule has 4 heteroatoms. The Morgan fingerprint density at radius 3 is 2.10 bits per heavy atom. The summed E-state index contributed by atoms with van der Waals surface area (Å²) in [6.07, 6.45) is 3.39. The van der Waals surface area contributed by atoms with E-state index in [4.69, 9.17) is 18.3 Å². The number of likely N-dealkylation sites (N-methyl/N-ethyl adjacent to an activating group) is 1. The van der Waals surface area contributed by atoms with Gasteiger partial charge in [0.2, 0.25) is 0 Å². The van der Waals surface area contributed by atoms with Crippen LogP contribution in [-0.2, 0) is 4.74 Å². The number of likely N-dealkylation sites (tertiary alicyclic amines) is 1. The summed E-state index contributed by atoms with van der Waals surface area (Å²) in [6.45, 7) is 13.9. The lowest BCUT2D eigenvalue weighted by atomic mass is 9.61. The third-order valence-corrected chi connectivity index (χ3v) is 4.59. The molecule has 2 saturated heterocycles. The van der Waals surface area contributed by atoms with Crippen molar-refractivity contribution in [3.05, 3.63) is 0 Å². The summed E-state index contributed by atoms with van der Waals surface area (Å²) in [6, 6.07) is 0.484. The minimum Gasteiger partial charge on any atom is -0.377 e. The molecule has 2 aliphatic heterocycles. The van der Waals surface area contributed by atoms with E-state index in [0.717, 1.165) is 32.5 Å². The van der Waals surface area contributed by atoms with Crippen LogP contribution in [0.5, 0.6) is 0 Å². The number of nitrogens with zero attached hydrogens (tertiary/aromatic N) is 1. The van der Waals surface area contributed by atoms with Gasteiger partial charge in [0.05, 0.1) is 26.6 Å². The lowest BCUT2D eigenvalue weighted by Crippen LogP contribution is -2.70. The summed E-state index contributed by atoms with van der Waals surface area (Å²) < 4.78 is 5.40. The molecular formula is C16H35BN2O. The zero-order chi connectivity index (χ0) is 16.0. The van der Waals surface area contributed by atoms with Crippen LogP contribution >= 0.6 is 0 Å². The van der Waals surface area contributed by atoms with Crippen LogP contribution in [0.1, 0.15) is 60.8 Å². The molecule has 2 heterocycles. The van der Waals surface area contributed by atoms with E-state index in [2.05, 4.69) is 18.9 Å². The molecule has 1 spiro atoms. The van der Waals surface area contributed by atoms with Crippen molar-refractivity contribution in [2.24, 2.45) is 11.7 Å². The Hall–Kier alpha value is -0.0551. The Labute approximate surface area is 128 Å². The van der Waals surface area contributed by atoms with Crippen LogP contribution in [0, 0.1) is 5.92 Å². The quantitative estimate of drug-likeness (QED) is 0.791. The SMILES string of the molecule is CC.CC.[B]C(C)(N)C1CCC2(COC2)N(C)C1CC. The highest BCUT2D eigenvalue weighted by molar-refractivity contribution is 6.15. The van der Waals surface area contributed by atoms with Gasteiger partial charge in [-0.25, -0.2) is 0 Å². The molecule has 118 valence electrons. The van der Waals surface area contributed by atoms with Crippen molar-refractivity contribution in [3.8, 4) is 0 Å². The van der Waals surface area contributed by atoms with E-state index in [1.54, 1.807) is 0 Å². The van der Waals surface area contributed by atoms with Crippen LogP contribution in [-0.4, -0.2) is 50.0 Å². The Morgan fingerprint density at radius 2 is 1.80 bits per heavy atom. The Bertz CT molecular complexity index is 262. The number of ether oxygens (including phenoxy) is 1. The lowest BCUT2D eigenvalue weighted by Gasteiger charge is -2.58. The van der Waals surface area contributed by atoms with E-state index >= 15 is 0 Å². The van der Waals surface area contributed by atoms with Crippen molar-refractivity contribution in [1.29, 1.82) is 0 Å². The van der Waals surface area contributed by atoms with E-state index in [0.29, 0.717) is 12.0 Å². The van der Waals surface area contributed by atoms with E-state index in [9.17, 15) is 0 Å². The highest BCUT2D eigenvalue weighted by atomic mass is 16.5. The third-order valence-electron chi connectivity index (χ3n) is 4.59. The second-order valence-electron chi connectivity index (χ2n) is 5.81. The zero-order valence-corrected chi connectivity index (χ0v) is 14.7. The maximum Gasteiger partial charge on any atom is 0.0951 e. The summed E-state index contributed by atoms with van der Waals surface area (Å²) in [7, 11) is 8.31. The number of piperidine rings is 1. The van der Waals surface area contributed by atoms with E-state index in [-0.39, 0.29) is 5.54 Å². The van der Waals surface area contributed by atoms with Gasteiger partial charge in [-0.15, -0.1) is 0 Å². The molecule has 3 unspecified atom stereocenters. The Morgan fingerprint density at radius 1 is 1.30 bits per heavy atom. The molecule has 2 aliphatic rings. The van der Waals surface area contributed by atoms with E-state index in [1.165, 1.54) is 0 Å². The zero-order valence-electron chi connectivity index (χ0n) is 14.7. The lowest BCUT2D eigenvalue weighted by molar-refractivity contribution is -0.176. The van der Waals surface area contributed by atoms with Gasteiger partial charge in [-0.05, 0) is 37.7 Å². The summed E-state index contributed by atoms with van der Waals surface area (Å²) in [4.78, 5) is 2.47. The van der Waals surface area contributed by atoms with E-state index < -0.39 is 5.44 Å². The summed E-state index contributed by atoms with van der Waals surface area (Å²) >= 11 is 0. The second-order valence-corrected chi connectivity index (χ2v) is 5.81. The van der Waals surface area contributed by atoms with Crippen LogP contribution in [0.3, 0.4) is 0 Å². The largest absolute Gasteiger partial charge is 0.377 e. The Kier molecular flexibility index (Phi) is 8.38. The standard InChI is InChI=1S/C12H23BN2O.2C2H6/c1-4-10-9(11(2,13)14)5-6-12(15(10)3)7-16-8-12;2*1-2/h9-10H,4-8,14H2,1-3H3;2*1-2H3. The Balaban J connectivity index is 0.000000829. The van der Waals surface area contributed by atoms with Gasteiger partial charge in [0.15, 0.2) is 0 Å². The first-order valence-electron chi connectivity index (χ1n) is 8.29.